The predicted molar refractivity (Wildman–Crippen MR) is 79.1 cm³/mol. The number of fused-ring (bicyclic) bond motifs is 2. The largest absolute Gasteiger partial charge is 0.299 e. The number of carbonyl (C=O) groups is 2. The van der Waals surface area contributed by atoms with Crippen molar-refractivity contribution < 1.29 is 9.59 Å². The number of hydrogen-bond acceptors (Lipinski definition) is 2. The molecule has 20 heavy (non-hydrogen) atoms. The van der Waals surface area contributed by atoms with Crippen molar-refractivity contribution in [2.75, 3.05) is 0 Å². The van der Waals surface area contributed by atoms with Crippen molar-refractivity contribution in [1.82, 2.24) is 0 Å². The van der Waals surface area contributed by atoms with E-state index in [-0.39, 0.29) is 23.7 Å². The first kappa shape index (κ1) is 14.3. The highest BCUT2D eigenvalue weighted by Crippen LogP contribution is 2.53. The van der Waals surface area contributed by atoms with Gasteiger partial charge in [0.05, 0.1) is 0 Å². The van der Waals surface area contributed by atoms with E-state index in [1.54, 1.807) is 0 Å². The summed E-state index contributed by atoms with van der Waals surface area (Å²) in [5, 5.41) is 0. The van der Waals surface area contributed by atoms with Crippen LogP contribution < -0.4 is 0 Å². The highest BCUT2D eigenvalue weighted by atomic mass is 16.1. The topological polar surface area (TPSA) is 34.1 Å². The number of Topliss-reactive ketones (excluding diaryl/α,β-unsaturated/α-hetero) is 2. The molecule has 3 aliphatic rings. The second-order valence-corrected chi connectivity index (χ2v) is 8.18. The van der Waals surface area contributed by atoms with Gasteiger partial charge in [0.25, 0.3) is 0 Å². The fraction of sp³-hybridized carbons (Fsp3) is 0.889. The maximum Gasteiger partial charge on any atom is 0.140 e. The van der Waals surface area contributed by atoms with Crippen LogP contribution in [0.5, 0.6) is 0 Å². The maximum atomic E-state index is 12.8. The monoisotopic (exact) mass is 276 g/mol. The summed E-state index contributed by atoms with van der Waals surface area (Å²) in [7, 11) is 0. The maximum absolute atomic E-state index is 12.8. The normalized spacial score (nSPS) is 44.3. The number of hydrogen-bond donors (Lipinski definition) is 0. The summed E-state index contributed by atoms with van der Waals surface area (Å²) in [5.41, 5.74) is 0. The van der Waals surface area contributed by atoms with E-state index in [0.29, 0.717) is 35.2 Å². The van der Waals surface area contributed by atoms with Crippen LogP contribution in [0.15, 0.2) is 0 Å². The Morgan fingerprint density at radius 2 is 0.900 bits per heavy atom. The van der Waals surface area contributed by atoms with Gasteiger partial charge in [-0.2, -0.15) is 0 Å². The zero-order valence-corrected chi connectivity index (χ0v) is 13.3. The van der Waals surface area contributed by atoms with Crippen LogP contribution in [0.3, 0.4) is 0 Å². The smallest absolute Gasteiger partial charge is 0.140 e. The highest BCUT2D eigenvalue weighted by molar-refractivity contribution is 6.00. The van der Waals surface area contributed by atoms with Gasteiger partial charge in [-0.1, -0.05) is 27.7 Å². The predicted octanol–water partition coefficient (Wildman–Crippen LogP) is 3.74. The van der Waals surface area contributed by atoms with Crippen molar-refractivity contribution >= 4 is 11.6 Å². The van der Waals surface area contributed by atoms with Crippen LogP contribution in [0.1, 0.15) is 53.4 Å². The first-order valence-corrected chi connectivity index (χ1v) is 8.47. The molecule has 3 fully saturated rings. The van der Waals surface area contributed by atoms with E-state index in [4.69, 9.17) is 0 Å². The summed E-state index contributed by atoms with van der Waals surface area (Å²) in [5.74, 6) is 3.55. The number of ketones is 2. The van der Waals surface area contributed by atoms with E-state index in [9.17, 15) is 9.59 Å². The van der Waals surface area contributed by atoms with Gasteiger partial charge >= 0.3 is 0 Å². The first-order valence-electron chi connectivity index (χ1n) is 8.47. The van der Waals surface area contributed by atoms with Crippen LogP contribution in [0.25, 0.3) is 0 Å². The molecule has 3 rings (SSSR count). The molecule has 0 bridgehead atoms. The van der Waals surface area contributed by atoms with Crippen molar-refractivity contribution in [1.29, 1.82) is 0 Å². The minimum absolute atomic E-state index is 0.0714. The SMILES string of the molecule is CC(C)C1CC2C(=O)C3CC(C(C)C)CC3C(=O)C2C1. The molecule has 3 saturated carbocycles. The molecule has 4 unspecified atom stereocenters. The van der Waals surface area contributed by atoms with Gasteiger partial charge in [0.1, 0.15) is 11.6 Å². The van der Waals surface area contributed by atoms with Crippen LogP contribution >= 0.6 is 0 Å². The molecule has 0 aromatic rings. The van der Waals surface area contributed by atoms with E-state index in [1.165, 1.54) is 0 Å². The summed E-state index contributed by atoms with van der Waals surface area (Å²) in [6, 6.07) is 0. The Morgan fingerprint density at radius 1 is 0.650 bits per heavy atom. The minimum Gasteiger partial charge on any atom is -0.299 e. The third-order valence-corrected chi connectivity index (χ3v) is 6.55. The molecule has 3 aliphatic carbocycles. The molecule has 0 aromatic carbocycles. The van der Waals surface area contributed by atoms with Crippen molar-refractivity contribution in [3.63, 3.8) is 0 Å². The summed E-state index contributed by atoms with van der Waals surface area (Å²) >= 11 is 0. The molecule has 2 heteroatoms. The zero-order chi connectivity index (χ0) is 14.6. The fourth-order valence-corrected chi connectivity index (χ4v) is 5.05. The lowest BCUT2D eigenvalue weighted by molar-refractivity contribution is -0.144. The standard InChI is InChI=1S/C18H28O2/c1-9(2)11-5-13-14(6-11)18(20)16-8-12(10(3)4)7-15(16)17(13)19/h9-16H,5-8H2,1-4H3. The van der Waals surface area contributed by atoms with Gasteiger partial charge in [-0.05, 0) is 49.4 Å². The summed E-state index contributed by atoms with van der Waals surface area (Å²) in [4.78, 5) is 25.6. The molecule has 0 heterocycles. The van der Waals surface area contributed by atoms with Crippen LogP contribution in [0, 0.1) is 47.3 Å². The Bertz CT molecular complexity index is 355. The Balaban J connectivity index is 1.82. The second-order valence-electron chi connectivity index (χ2n) is 8.18. The van der Waals surface area contributed by atoms with E-state index < -0.39 is 0 Å². The Labute approximate surface area is 122 Å². The molecule has 0 spiro atoms. The Kier molecular flexibility index (Phi) is 3.54. The second kappa shape index (κ2) is 4.96. The average Bonchev–Trinajstić information content (AvgIpc) is 3.00. The third kappa shape index (κ3) is 2.07. The van der Waals surface area contributed by atoms with Crippen molar-refractivity contribution in [2.45, 2.75) is 53.4 Å². The quantitative estimate of drug-likeness (QED) is 0.770. The molecule has 0 aliphatic heterocycles. The van der Waals surface area contributed by atoms with Crippen LogP contribution in [0.4, 0.5) is 0 Å². The van der Waals surface area contributed by atoms with Gasteiger partial charge in [-0.3, -0.25) is 9.59 Å². The lowest BCUT2D eigenvalue weighted by atomic mass is 9.69. The van der Waals surface area contributed by atoms with Gasteiger partial charge in [0.2, 0.25) is 0 Å². The molecule has 0 N–H and O–H groups in total. The summed E-state index contributed by atoms with van der Waals surface area (Å²) < 4.78 is 0. The third-order valence-electron chi connectivity index (χ3n) is 6.55. The molecular weight excluding hydrogens is 248 g/mol. The van der Waals surface area contributed by atoms with Gasteiger partial charge in [-0.25, -0.2) is 0 Å². The molecule has 2 nitrogen and oxygen atoms in total. The number of carbonyl (C=O) groups excluding carboxylic acids is 2. The first-order chi connectivity index (χ1) is 9.40. The van der Waals surface area contributed by atoms with Crippen LogP contribution in [-0.2, 0) is 9.59 Å². The van der Waals surface area contributed by atoms with Gasteiger partial charge in [-0.15, -0.1) is 0 Å². The zero-order valence-electron chi connectivity index (χ0n) is 13.3. The summed E-state index contributed by atoms with van der Waals surface area (Å²) in [6.45, 7) is 8.91. The summed E-state index contributed by atoms with van der Waals surface area (Å²) in [6.07, 6.45) is 3.90. The molecule has 112 valence electrons. The lowest BCUT2D eigenvalue weighted by Gasteiger charge is -2.32. The van der Waals surface area contributed by atoms with E-state index in [2.05, 4.69) is 27.7 Å². The van der Waals surface area contributed by atoms with Crippen LogP contribution in [-0.4, -0.2) is 11.6 Å². The average molecular weight is 276 g/mol. The van der Waals surface area contributed by atoms with Gasteiger partial charge in [0, 0.05) is 23.7 Å². The Hall–Kier alpha value is -0.660. The van der Waals surface area contributed by atoms with E-state index in [0.717, 1.165) is 25.7 Å². The van der Waals surface area contributed by atoms with Crippen LogP contribution in [0.2, 0.25) is 0 Å². The lowest BCUT2D eigenvalue weighted by Crippen LogP contribution is -2.42. The molecule has 0 aromatic heterocycles. The van der Waals surface area contributed by atoms with E-state index in [1.807, 2.05) is 0 Å². The highest BCUT2D eigenvalue weighted by Gasteiger charge is 2.56. The fourth-order valence-electron chi connectivity index (χ4n) is 5.05. The van der Waals surface area contributed by atoms with Crippen molar-refractivity contribution in [2.24, 2.45) is 47.3 Å². The van der Waals surface area contributed by atoms with Gasteiger partial charge < -0.3 is 0 Å². The molecular formula is C18H28O2. The van der Waals surface area contributed by atoms with Gasteiger partial charge in [0.15, 0.2) is 0 Å². The minimum atomic E-state index is 0.0714. The van der Waals surface area contributed by atoms with Crippen molar-refractivity contribution in [3.05, 3.63) is 0 Å². The number of rotatable bonds is 2. The molecule has 0 radical (unpaired) electrons. The van der Waals surface area contributed by atoms with Crippen molar-refractivity contribution in [3.8, 4) is 0 Å². The molecule has 0 amide bonds. The molecule has 4 atom stereocenters. The molecule has 0 saturated heterocycles. The van der Waals surface area contributed by atoms with E-state index >= 15 is 0 Å². The Morgan fingerprint density at radius 3 is 1.10 bits per heavy atom.